The number of azide groups is 1. The summed E-state index contributed by atoms with van der Waals surface area (Å²) in [5.74, 6) is 0. The Morgan fingerprint density at radius 1 is 1.65 bits per heavy atom. The molecule has 2 N–H and O–H groups in total. The second kappa shape index (κ2) is 5.45. The quantitative estimate of drug-likeness (QED) is 0.450. The van der Waals surface area contributed by atoms with Gasteiger partial charge in [0.25, 0.3) is 5.56 Å². The van der Waals surface area contributed by atoms with Crippen LogP contribution >= 0.6 is 0 Å². The highest BCUT2D eigenvalue weighted by atomic mass is 19.1. The lowest BCUT2D eigenvalue weighted by atomic mass is 10.1. The van der Waals surface area contributed by atoms with Crippen LogP contribution in [-0.4, -0.2) is 39.6 Å². The monoisotopic (exact) mass is 285 g/mol. The van der Waals surface area contributed by atoms with Crippen LogP contribution in [0.25, 0.3) is 10.4 Å². The number of H-pyrrole nitrogens is 1. The maximum absolute atomic E-state index is 13.9. The normalized spacial score (nSPS) is 29.1. The fraction of sp³-hybridized carbons (Fsp3) is 0.600. The van der Waals surface area contributed by atoms with Crippen molar-refractivity contribution in [3.63, 3.8) is 0 Å². The van der Waals surface area contributed by atoms with Crippen LogP contribution in [0.3, 0.4) is 0 Å². The molecule has 0 bridgehead atoms. The van der Waals surface area contributed by atoms with Crippen LogP contribution in [0.4, 0.5) is 4.39 Å². The van der Waals surface area contributed by atoms with E-state index in [1.54, 1.807) is 0 Å². The minimum absolute atomic E-state index is 0.218. The molecule has 0 radical (unpaired) electrons. The topological polar surface area (TPSA) is 133 Å². The average Bonchev–Trinajstić information content (AvgIpc) is 2.72. The Hall–Kier alpha value is -2.16. The van der Waals surface area contributed by atoms with Gasteiger partial charge in [-0.2, -0.15) is 0 Å². The van der Waals surface area contributed by atoms with Crippen molar-refractivity contribution in [2.24, 2.45) is 5.11 Å². The molecule has 1 aromatic rings. The molecule has 2 heterocycles. The van der Waals surface area contributed by atoms with Crippen molar-refractivity contribution < 1.29 is 14.2 Å². The second-order valence-electron chi connectivity index (χ2n) is 4.37. The van der Waals surface area contributed by atoms with Gasteiger partial charge in [-0.1, -0.05) is 5.11 Å². The van der Waals surface area contributed by atoms with Crippen molar-refractivity contribution in [1.82, 2.24) is 9.55 Å². The Morgan fingerprint density at radius 3 is 2.95 bits per heavy atom. The van der Waals surface area contributed by atoms with E-state index >= 15 is 0 Å². The van der Waals surface area contributed by atoms with Crippen LogP contribution < -0.4 is 11.2 Å². The lowest BCUT2D eigenvalue weighted by Gasteiger charge is -2.17. The molecule has 1 unspecified atom stereocenters. The van der Waals surface area contributed by atoms with Crippen molar-refractivity contribution in [3.8, 4) is 0 Å². The van der Waals surface area contributed by atoms with Crippen molar-refractivity contribution in [3.05, 3.63) is 43.0 Å². The molecule has 108 valence electrons. The predicted octanol–water partition coefficient (Wildman–Crippen LogP) is -0.248. The number of aliphatic hydroxyl groups excluding tert-OH is 1. The van der Waals surface area contributed by atoms with Gasteiger partial charge in [0.1, 0.15) is 24.5 Å². The molecular formula is C10H12FN5O4. The molecule has 4 atom stereocenters. The second-order valence-corrected chi connectivity index (χ2v) is 4.37. The summed E-state index contributed by atoms with van der Waals surface area (Å²) in [5, 5.41) is 12.3. The highest BCUT2D eigenvalue weighted by molar-refractivity contribution is 5.04. The first-order valence-corrected chi connectivity index (χ1v) is 5.76. The zero-order valence-electron chi connectivity index (χ0n) is 10.4. The third kappa shape index (κ3) is 2.31. The molecule has 2 rings (SSSR count). The number of halogens is 1. The molecule has 1 aliphatic rings. The zero-order valence-corrected chi connectivity index (χ0v) is 10.4. The van der Waals surface area contributed by atoms with Gasteiger partial charge in [-0.05, 0) is 12.5 Å². The summed E-state index contributed by atoms with van der Waals surface area (Å²) >= 11 is 0. The maximum atomic E-state index is 13.9. The van der Waals surface area contributed by atoms with Gasteiger partial charge in [-0.15, -0.1) is 0 Å². The van der Waals surface area contributed by atoms with Gasteiger partial charge in [0.15, 0.2) is 0 Å². The van der Waals surface area contributed by atoms with Crippen molar-refractivity contribution in [2.45, 2.75) is 31.5 Å². The summed E-state index contributed by atoms with van der Waals surface area (Å²) in [6.45, 7) is 0.842. The average molecular weight is 285 g/mol. The highest BCUT2D eigenvalue weighted by Crippen LogP contribution is 2.32. The van der Waals surface area contributed by atoms with Crippen LogP contribution in [0.15, 0.2) is 20.9 Å². The van der Waals surface area contributed by atoms with Gasteiger partial charge in [0.2, 0.25) is 0 Å². The Labute approximate surface area is 111 Å². The number of hydrogen-bond donors (Lipinski definition) is 2. The largest absolute Gasteiger partial charge is 0.394 e. The lowest BCUT2D eigenvalue weighted by Crippen LogP contribution is -2.37. The number of rotatable bonds is 3. The SMILES string of the molecule is Cc1cn([C@@H]2O[C@H](CO)[C@@H](F)C2N=[N+]=[N-])c(=O)[nH]c1=O. The van der Waals surface area contributed by atoms with E-state index < -0.39 is 42.4 Å². The van der Waals surface area contributed by atoms with Crippen LogP contribution in [-0.2, 0) is 4.74 Å². The number of nitrogens with zero attached hydrogens (tertiary/aromatic N) is 4. The van der Waals surface area contributed by atoms with Gasteiger partial charge < -0.3 is 9.84 Å². The number of ether oxygens (including phenoxy) is 1. The zero-order chi connectivity index (χ0) is 14.9. The van der Waals surface area contributed by atoms with Crippen molar-refractivity contribution in [1.29, 1.82) is 0 Å². The molecule has 0 aromatic carbocycles. The van der Waals surface area contributed by atoms with E-state index in [0.717, 1.165) is 4.57 Å². The van der Waals surface area contributed by atoms with Crippen molar-refractivity contribution >= 4 is 0 Å². The van der Waals surface area contributed by atoms with Crippen LogP contribution in [0.2, 0.25) is 0 Å². The Bertz CT molecular complexity index is 664. The smallest absolute Gasteiger partial charge is 0.330 e. The number of aromatic amines is 1. The number of alkyl halides is 1. The van der Waals surface area contributed by atoms with E-state index in [4.69, 9.17) is 15.4 Å². The number of hydrogen-bond acceptors (Lipinski definition) is 5. The fourth-order valence-corrected chi connectivity index (χ4v) is 2.04. The molecule has 10 heteroatoms. The lowest BCUT2D eigenvalue weighted by molar-refractivity contribution is -0.0372. The molecule has 1 aliphatic heterocycles. The van der Waals surface area contributed by atoms with Gasteiger partial charge in [-0.3, -0.25) is 14.3 Å². The summed E-state index contributed by atoms with van der Waals surface area (Å²) in [4.78, 5) is 27.6. The standard InChI is InChI=1S/C10H12FN5O4/c1-4-2-16(10(19)13-8(4)18)9-7(14-15-12)6(11)5(3-17)20-9/h2,5-7,9,17H,3H2,1H3,(H,13,18,19)/t5-,6-,7?,9-/m1/s1. The van der Waals surface area contributed by atoms with Gasteiger partial charge >= 0.3 is 5.69 Å². The van der Waals surface area contributed by atoms with E-state index in [-0.39, 0.29) is 5.56 Å². The molecule has 0 amide bonds. The summed E-state index contributed by atoms with van der Waals surface area (Å²) in [5.41, 5.74) is 7.30. The molecule has 9 nitrogen and oxygen atoms in total. The van der Waals surface area contributed by atoms with Crippen LogP contribution in [0.1, 0.15) is 11.8 Å². The number of aliphatic hydroxyl groups is 1. The number of aromatic nitrogens is 2. The molecule has 0 aliphatic carbocycles. The summed E-state index contributed by atoms with van der Waals surface area (Å²) in [7, 11) is 0. The molecule has 1 aromatic heterocycles. The van der Waals surface area contributed by atoms with E-state index in [1.165, 1.54) is 13.1 Å². The van der Waals surface area contributed by atoms with E-state index in [1.807, 2.05) is 4.98 Å². The van der Waals surface area contributed by atoms with E-state index in [9.17, 15) is 14.0 Å². The highest BCUT2D eigenvalue weighted by Gasteiger charge is 2.45. The third-order valence-corrected chi connectivity index (χ3v) is 3.07. The Balaban J connectivity index is 2.50. The van der Waals surface area contributed by atoms with E-state index in [0.29, 0.717) is 0 Å². The van der Waals surface area contributed by atoms with Crippen LogP contribution in [0, 0.1) is 6.92 Å². The molecule has 0 saturated carbocycles. The van der Waals surface area contributed by atoms with Crippen molar-refractivity contribution in [2.75, 3.05) is 6.61 Å². The molecule has 1 saturated heterocycles. The van der Waals surface area contributed by atoms with Crippen LogP contribution in [0.5, 0.6) is 0 Å². The Kier molecular flexibility index (Phi) is 3.89. The molecular weight excluding hydrogens is 273 g/mol. The number of aryl methyl sites for hydroxylation is 1. The summed E-state index contributed by atoms with van der Waals surface area (Å²) in [6.07, 6.45) is -2.98. The number of nitrogens with one attached hydrogen (secondary N) is 1. The molecule has 20 heavy (non-hydrogen) atoms. The third-order valence-electron chi connectivity index (χ3n) is 3.07. The van der Waals surface area contributed by atoms with Gasteiger partial charge in [0, 0.05) is 16.7 Å². The summed E-state index contributed by atoms with van der Waals surface area (Å²) in [6, 6.07) is -1.31. The minimum Gasteiger partial charge on any atom is -0.394 e. The Morgan fingerprint density at radius 2 is 2.35 bits per heavy atom. The van der Waals surface area contributed by atoms with Gasteiger partial charge in [-0.25, -0.2) is 9.18 Å². The summed E-state index contributed by atoms with van der Waals surface area (Å²) < 4.78 is 20.1. The first-order valence-electron chi connectivity index (χ1n) is 5.76. The minimum atomic E-state index is -1.75. The fourth-order valence-electron chi connectivity index (χ4n) is 2.04. The first-order chi connectivity index (χ1) is 9.49. The first kappa shape index (κ1) is 14.3. The van der Waals surface area contributed by atoms with Gasteiger partial charge in [0.05, 0.1) is 6.61 Å². The molecule has 0 spiro atoms. The molecule has 1 fully saturated rings. The van der Waals surface area contributed by atoms with E-state index in [2.05, 4.69) is 10.0 Å². The maximum Gasteiger partial charge on any atom is 0.330 e. The predicted molar refractivity (Wildman–Crippen MR) is 64.9 cm³/mol.